The number of hydrogen-bond donors (Lipinski definition) is 3. The van der Waals surface area contributed by atoms with Crippen LogP contribution >= 0.6 is 0 Å². The molecule has 194 valence electrons. The van der Waals surface area contributed by atoms with Crippen molar-refractivity contribution in [2.45, 2.75) is 38.7 Å². The van der Waals surface area contributed by atoms with Crippen LogP contribution in [0.2, 0.25) is 0 Å². The number of aromatic nitrogens is 1. The second-order valence-electron chi connectivity index (χ2n) is 10.5. The number of anilines is 1. The summed E-state index contributed by atoms with van der Waals surface area (Å²) in [6.45, 7) is 5.56. The van der Waals surface area contributed by atoms with Crippen molar-refractivity contribution >= 4 is 40.7 Å². The molecule has 2 aliphatic rings. The highest BCUT2D eigenvalue weighted by Gasteiger charge is 2.43. The Morgan fingerprint density at radius 3 is 2.71 bits per heavy atom. The van der Waals surface area contributed by atoms with Gasteiger partial charge in [-0.1, -0.05) is 36.3 Å². The molecule has 9 heteroatoms. The van der Waals surface area contributed by atoms with Crippen molar-refractivity contribution in [2.24, 2.45) is 11.0 Å². The molecule has 1 aliphatic carbocycles. The SMILES string of the molecule is CN(CC#Cc1[nH]c2cc(NC(=O)[C@@H]3C[C@H]3c3ccccc3)cc3c2c1C=NNC3=O)C(=O)OC(C)(C)C. The molecule has 2 atom stereocenters. The third-order valence-corrected chi connectivity index (χ3v) is 6.40. The first-order valence-electron chi connectivity index (χ1n) is 12.4. The lowest BCUT2D eigenvalue weighted by atomic mass is 10.0. The van der Waals surface area contributed by atoms with Gasteiger partial charge in [-0.2, -0.15) is 5.10 Å². The first-order chi connectivity index (χ1) is 18.1. The van der Waals surface area contributed by atoms with E-state index in [4.69, 9.17) is 4.74 Å². The van der Waals surface area contributed by atoms with Crippen LogP contribution in [0.5, 0.6) is 0 Å². The lowest BCUT2D eigenvalue weighted by molar-refractivity contribution is -0.117. The number of ether oxygens (including phenoxy) is 1. The van der Waals surface area contributed by atoms with Crippen molar-refractivity contribution in [2.75, 3.05) is 18.9 Å². The molecule has 2 aromatic carbocycles. The van der Waals surface area contributed by atoms with Crippen molar-refractivity contribution < 1.29 is 19.1 Å². The summed E-state index contributed by atoms with van der Waals surface area (Å²) in [7, 11) is 1.61. The number of aromatic amines is 1. The van der Waals surface area contributed by atoms with E-state index in [0.29, 0.717) is 33.4 Å². The van der Waals surface area contributed by atoms with E-state index in [1.54, 1.807) is 46.2 Å². The quantitative estimate of drug-likeness (QED) is 0.455. The van der Waals surface area contributed by atoms with Crippen LogP contribution in [-0.2, 0) is 9.53 Å². The van der Waals surface area contributed by atoms with E-state index in [1.807, 2.05) is 30.3 Å². The number of amides is 3. The summed E-state index contributed by atoms with van der Waals surface area (Å²) >= 11 is 0. The molecule has 1 fully saturated rings. The molecular weight excluding hydrogens is 482 g/mol. The molecule has 3 N–H and O–H groups in total. The number of nitrogens with zero attached hydrogens (tertiary/aromatic N) is 2. The molecule has 3 amide bonds. The number of carbonyl (C=O) groups excluding carboxylic acids is 3. The van der Waals surface area contributed by atoms with Crippen molar-refractivity contribution in [1.82, 2.24) is 15.3 Å². The Labute approximate surface area is 220 Å². The van der Waals surface area contributed by atoms with Gasteiger partial charge >= 0.3 is 6.09 Å². The van der Waals surface area contributed by atoms with Gasteiger partial charge in [0.05, 0.1) is 24.0 Å². The Kier molecular flexibility index (Phi) is 6.41. The number of benzene rings is 2. The minimum atomic E-state index is -0.597. The highest BCUT2D eigenvalue weighted by Crippen LogP contribution is 2.48. The van der Waals surface area contributed by atoms with Gasteiger partial charge in [0.2, 0.25) is 5.91 Å². The molecule has 2 heterocycles. The summed E-state index contributed by atoms with van der Waals surface area (Å²) in [4.78, 5) is 42.6. The molecule has 1 aliphatic heterocycles. The van der Waals surface area contributed by atoms with Gasteiger partial charge in [-0.05, 0) is 56.7 Å². The van der Waals surface area contributed by atoms with Gasteiger partial charge in [-0.3, -0.25) is 9.59 Å². The van der Waals surface area contributed by atoms with E-state index in [9.17, 15) is 14.4 Å². The molecule has 9 nitrogen and oxygen atoms in total. The maximum atomic E-state index is 13.0. The summed E-state index contributed by atoms with van der Waals surface area (Å²) in [5.74, 6) is 5.67. The van der Waals surface area contributed by atoms with Gasteiger partial charge in [0, 0.05) is 35.1 Å². The average molecular weight is 512 g/mol. The average Bonchev–Trinajstić information content (AvgIpc) is 3.62. The number of rotatable bonds is 4. The molecule has 5 rings (SSSR count). The Balaban J connectivity index is 1.38. The van der Waals surface area contributed by atoms with E-state index in [2.05, 4.69) is 32.7 Å². The third kappa shape index (κ3) is 5.25. The predicted molar refractivity (Wildman–Crippen MR) is 145 cm³/mol. The first kappa shape index (κ1) is 25.1. The second kappa shape index (κ2) is 9.71. The molecular formula is C29H29N5O4. The summed E-state index contributed by atoms with van der Waals surface area (Å²) < 4.78 is 5.36. The van der Waals surface area contributed by atoms with Crippen molar-refractivity contribution in [3.8, 4) is 11.8 Å². The van der Waals surface area contributed by atoms with Gasteiger partial charge < -0.3 is 19.9 Å². The minimum Gasteiger partial charge on any atom is -0.444 e. The zero-order valence-electron chi connectivity index (χ0n) is 21.7. The van der Waals surface area contributed by atoms with Gasteiger partial charge in [-0.25, -0.2) is 10.2 Å². The smallest absolute Gasteiger partial charge is 0.410 e. The van der Waals surface area contributed by atoms with Gasteiger partial charge in [0.25, 0.3) is 5.91 Å². The topological polar surface area (TPSA) is 116 Å². The fraction of sp³-hybridized carbons (Fsp3) is 0.310. The molecule has 0 spiro atoms. The predicted octanol–water partition coefficient (Wildman–Crippen LogP) is 4.21. The summed E-state index contributed by atoms with van der Waals surface area (Å²) in [5.41, 5.74) is 5.82. The van der Waals surface area contributed by atoms with Crippen LogP contribution in [0.4, 0.5) is 10.5 Å². The maximum Gasteiger partial charge on any atom is 0.410 e. The molecule has 3 aromatic rings. The number of nitrogens with one attached hydrogen (secondary N) is 3. The third-order valence-electron chi connectivity index (χ3n) is 6.40. The van der Waals surface area contributed by atoms with Crippen LogP contribution in [0.15, 0.2) is 47.6 Å². The Morgan fingerprint density at radius 1 is 1.21 bits per heavy atom. The normalized spacial score (nSPS) is 17.6. The zero-order chi connectivity index (χ0) is 27.0. The second-order valence-corrected chi connectivity index (χ2v) is 10.5. The van der Waals surface area contributed by atoms with Gasteiger partial charge in [0.1, 0.15) is 5.60 Å². The molecule has 1 saturated carbocycles. The zero-order valence-corrected chi connectivity index (χ0v) is 21.7. The standard InChI is InChI=1S/C29H29N5O4/c1-29(2,3)38-28(37)34(4)12-8-11-23-22-16-30-33-27(36)21-13-18(14-24(32-23)25(21)22)31-26(35)20-15-19(20)17-9-6-5-7-10-17/h5-7,9-10,13-14,16,19-20,32H,12,15H2,1-4H3,(H,31,35)(H,33,36)/t19-,20+/m0/s1. The number of hydrogen-bond acceptors (Lipinski definition) is 5. The van der Waals surface area contributed by atoms with Crippen LogP contribution in [0.1, 0.15) is 60.3 Å². The van der Waals surface area contributed by atoms with E-state index in [0.717, 1.165) is 12.0 Å². The summed E-state index contributed by atoms with van der Waals surface area (Å²) in [6.07, 6.45) is 1.87. The lowest BCUT2D eigenvalue weighted by Gasteiger charge is -2.23. The summed E-state index contributed by atoms with van der Waals surface area (Å²) in [5, 5.41) is 7.67. The maximum absolute atomic E-state index is 13.0. The van der Waals surface area contributed by atoms with E-state index in [1.165, 1.54) is 4.90 Å². The Bertz CT molecular complexity index is 1520. The van der Waals surface area contributed by atoms with Crippen LogP contribution < -0.4 is 10.7 Å². The van der Waals surface area contributed by atoms with Crippen LogP contribution in [-0.4, -0.2) is 53.2 Å². The molecule has 0 radical (unpaired) electrons. The highest BCUT2D eigenvalue weighted by atomic mass is 16.6. The van der Waals surface area contributed by atoms with E-state index < -0.39 is 11.7 Å². The highest BCUT2D eigenvalue weighted by molar-refractivity contribution is 6.16. The Morgan fingerprint density at radius 2 is 1.97 bits per heavy atom. The molecule has 0 unspecified atom stereocenters. The lowest BCUT2D eigenvalue weighted by Crippen LogP contribution is -2.34. The van der Waals surface area contributed by atoms with Crippen molar-refractivity contribution in [3.05, 3.63) is 64.8 Å². The number of H-pyrrole nitrogens is 1. The molecule has 38 heavy (non-hydrogen) atoms. The van der Waals surface area contributed by atoms with E-state index in [-0.39, 0.29) is 30.2 Å². The summed E-state index contributed by atoms with van der Waals surface area (Å²) in [6, 6.07) is 13.4. The van der Waals surface area contributed by atoms with Gasteiger partial charge in [-0.15, -0.1) is 0 Å². The largest absolute Gasteiger partial charge is 0.444 e. The number of hydrazone groups is 1. The molecule has 0 saturated heterocycles. The monoisotopic (exact) mass is 511 g/mol. The van der Waals surface area contributed by atoms with Gasteiger partial charge in [0.15, 0.2) is 0 Å². The fourth-order valence-corrected chi connectivity index (χ4v) is 4.49. The van der Waals surface area contributed by atoms with Crippen molar-refractivity contribution in [3.63, 3.8) is 0 Å². The first-order valence-corrected chi connectivity index (χ1v) is 12.4. The van der Waals surface area contributed by atoms with Crippen LogP contribution in [0.25, 0.3) is 10.9 Å². The van der Waals surface area contributed by atoms with Crippen molar-refractivity contribution in [1.29, 1.82) is 0 Å². The molecule has 0 bridgehead atoms. The molecule has 1 aromatic heterocycles. The minimum absolute atomic E-state index is 0.0762. The Hall–Kier alpha value is -4.58. The van der Waals surface area contributed by atoms with E-state index >= 15 is 0 Å². The number of carbonyl (C=O) groups is 3. The fourth-order valence-electron chi connectivity index (χ4n) is 4.49. The van der Waals surface area contributed by atoms with Crippen LogP contribution in [0, 0.1) is 17.8 Å². The van der Waals surface area contributed by atoms with Crippen LogP contribution in [0.3, 0.4) is 0 Å².